The number of hydrogen-bond donors (Lipinski definition) is 1. The van der Waals surface area contributed by atoms with E-state index in [0.717, 1.165) is 11.6 Å². The van der Waals surface area contributed by atoms with Crippen molar-refractivity contribution >= 4 is 0 Å². The van der Waals surface area contributed by atoms with Crippen molar-refractivity contribution in [3.8, 4) is 5.75 Å². The minimum absolute atomic E-state index is 0.127. The maximum atomic E-state index is 13.1. The van der Waals surface area contributed by atoms with Gasteiger partial charge >= 0.3 is 0 Å². The average molecular weight is 277 g/mol. The van der Waals surface area contributed by atoms with Gasteiger partial charge < -0.3 is 10.1 Å². The van der Waals surface area contributed by atoms with Gasteiger partial charge in [-0.1, -0.05) is 18.2 Å². The van der Waals surface area contributed by atoms with Crippen LogP contribution in [0.15, 0.2) is 42.5 Å². The van der Waals surface area contributed by atoms with Gasteiger partial charge in [-0.3, -0.25) is 0 Å². The Kier molecular flexibility index (Phi) is 4.69. The van der Waals surface area contributed by atoms with Crippen LogP contribution in [0, 0.1) is 11.6 Å². The monoisotopic (exact) mass is 277 g/mol. The number of nitrogens with one attached hydrogen (secondary N) is 1. The maximum absolute atomic E-state index is 13.1. The molecule has 2 aromatic carbocycles. The molecule has 0 radical (unpaired) electrons. The Morgan fingerprint density at radius 2 is 1.75 bits per heavy atom. The summed E-state index contributed by atoms with van der Waals surface area (Å²) in [6, 6.07) is 11.1. The molecule has 0 aliphatic heterocycles. The Morgan fingerprint density at radius 1 is 1.10 bits per heavy atom. The van der Waals surface area contributed by atoms with Crippen molar-refractivity contribution in [3.63, 3.8) is 0 Å². The molecule has 0 bridgehead atoms. The van der Waals surface area contributed by atoms with E-state index >= 15 is 0 Å². The van der Waals surface area contributed by atoms with E-state index in [0.29, 0.717) is 11.3 Å². The highest BCUT2D eigenvalue weighted by molar-refractivity contribution is 5.35. The summed E-state index contributed by atoms with van der Waals surface area (Å²) in [6.07, 6.45) is 0. The highest BCUT2D eigenvalue weighted by Crippen LogP contribution is 2.25. The van der Waals surface area contributed by atoms with Crippen LogP contribution in [0.5, 0.6) is 5.75 Å². The molecular formula is C16H17F2NO. The summed E-state index contributed by atoms with van der Waals surface area (Å²) in [7, 11) is 1.86. The Morgan fingerprint density at radius 3 is 2.40 bits per heavy atom. The molecule has 0 heterocycles. The van der Waals surface area contributed by atoms with E-state index in [-0.39, 0.29) is 12.6 Å². The van der Waals surface area contributed by atoms with E-state index in [1.165, 1.54) is 12.1 Å². The zero-order valence-corrected chi connectivity index (χ0v) is 11.5. The first-order valence-corrected chi connectivity index (χ1v) is 6.44. The molecule has 4 heteroatoms. The third-order valence-corrected chi connectivity index (χ3v) is 3.14. The molecule has 2 rings (SSSR count). The molecule has 0 amide bonds. The largest absolute Gasteiger partial charge is 0.489 e. The fraction of sp³-hybridized carbons (Fsp3) is 0.250. The second-order valence-corrected chi connectivity index (χ2v) is 4.61. The van der Waals surface area contributed by atoms with Crippen LogP contribution >= 0.6 is 0 Å². The van der Waals surface area contributed by atoms with E-state index in [9.17, 15) is 8.78 Å². The second kappa shape index (κ2) is 6.48. The molecule has 2 nitrogen and oxygen atoms in total. The van der Waals surface area contributed by atoms with Gasteiger partial charge in [-0.25, -0.2) is 8.78 Å². The lowest BCUT2D eigenvalue weighted by Gasteiger charge is -2.16. The first-order chi connectivity index (χ1) is 9.60. The predicted octanol–water partition coefficient (Wildman–Crippen LogP) is 3.82. The Labute approximate surface area is 117 Å². The Balaban J connectivity index is 2.14. The summed E-state index contributed by atoms with van der Waals surface area (Å²) in [5.41, 5.74) is 1.47. The molecule has 20 heavy (non-hydrogen) atoms. The first-order valence-electron chi connectivity index (χ1n) is 6.44. The van der Waals surface area contributed by atoms with Crippen LogP contribution in [0.25, 0.3) is 0 Å². The normalized spacial score (nSPS) is 12.2. The Bertz CT molecular complexity index is 566. The minimum Gasteiger partial charge on any atom is -0.489 e. The average Bonchev–Trinajstić information content (AvgIpc) is 2.43. The Hall–Kier alpha value is -1.94. The van der Waals surface area contributed by atoms with Gasteiger partial charge in [0.2, 0.25) is 0 Å². The van der Waals surface area contributed by atoms with Gasteiger partial charge in [-0.2, -0.15) is 0 Å². The number of ether oxygens (including phenoxy) is 1. The third-order valence-electron chi connectivity index (χ3n) is 3.14. The topological polar surface area (TPSA) is 21.3 Å². The molecule has 106 valence electrons. The van der Waals surface area contributed by atoms with E-state index in [1.54, 1.807) is 0 Å². The highest BCUT2D eigenvalue weighted by Gasteiger charge is 2.09. The standard InChI is InChI=1S/C16H17F2NO/c1-11(19-2)15-5-3-4-6-16(15)20-10-12-7-13(17)9-14(18)8-12/h3-9,11,19H,10H2,1-2H3. The van der Waals surface area contributed by atoms with E-state index < -0.39 is 11.6 Å². The summed E-state index contributed by atoms with van der Waals surface area (Å²) in [5.74, 6) is -0.486. The highest BCUT2D eigenvalue weighted by atomic mass is 19.1. The fourth-order valence-corrected chi connectivity index (χ4v) is 1.98. The van der Waals surface area contributed by atoms with Crippen molar-refractivity contribution in [2.45, 2.75) is 19.6 Å². The van der Waals surface area contributed by atoms with Gasteiger partial charge in [0.25, 0.3) is 0 Å². The van der Waals surface area contributed by atoms with Crippen LogP contribution in [-0.4, -0.2) is 7.05 Å². The van der Waals surface area contributed by atoms with Crippen LogP contribution in [0.1, 0.15) is 24.1 Å². The van der Waals surface area contributed by atoms with Crippen molar-refractivity contribution in [3.05, 3.63) is 65.2 Å². The van der Waals surface area contributed by atoms with E-state index in [1.807, 2.05) is 38.2 Å². The molecule has 0 aromatic heterocycles. The first kappa shape index (κ1) is 14.5. The number of hydrogen-bond acceptors (Lipinski definition) is 2. The predicted molar refractivity (Wildman–Crippen MR) is 74.6 cm³/mol. The molecule has 1 unspecified atom stereocenters. The molecule has 0 saturated heterocycles. The summed E-state index contributed by atoms with van der Waals surface area (Å²) in [6.45, 7) is 2.15. The number of rotatable bonds is 5. The molecule has 0 aliphatic rings. The fourth-order valence-electron chi connectivity index (χ4n) is 1.98. The van der Waals surface area contributed by atoms with Crippen molar-refractivity contribution < 1.29 is 13.5 Å². The minimum atomic E-state index is -0.597. The molecule has 0 fully saturated rings. The molecule has 0 spiro atoms. The lowest BCUT2D eigenvalue weighted by molar-refractivity contribution is 0.299. The third kappa shape index (κ3) is 3.54. The van der Waals surface area contributed by atoms with Crippen LogP contribution in [0.4, 0.5) is 8.78 Å². The number of benzene rings is 2. The van der Waals surface area contributed by atoms with E-state index in [2.05, 4.69) is 5.32 Å². The smallest absolute Gasteiger partial charge is 0.126 e. The summed E-state index contributed by atoms with van der Waals surface area (Å²) in [5, 5.41) is 3.14. The van der Waals surface area contributed by atoms with Gasteiger partial charge in [0.15, 0.2) is 0 Å². The zero-order chi connectivity index (χ0) is 14.5. The molecule has 1 atom stereocenters. The van der Waals surface area contributed by atoms with Gasteiger partial charge in [0.05, 0.1) is 0 Å². The van der Waals surface area contributed by atoms with Crippen molar-refractivity contribution in [2.24, 2.45) is 0 Å². The van der Waals surface area contributed by atoms with Crippen molar-refractivity contribution in [1.29, 1.82) is 0 Å². The van der Waals surface area contributed by atoms with Crippen LogP contribution in [-0.2, 0) is 6.61 Å². The second-order valence-electron chi connectivity index (χ2n) is 4.61. The van der Waals surface area contributed by atoms with Crippen LogP contribution < -0.4 is 10.1 Å². The van der Waals surface area contributed by atoms with Crippen LogP contribution in [0.3, 0.4) is 0 Å². The van der Waals surface area contributed by atoms with Crippen molar-refractivity contribution in [2.75, 3.05) is 7.05 Å². The van der Waals surface area contributed by atoms with Crippen molar-refractivity contribution in [1.82, 2.24) is 5.32 Å². The number of halogens is 2. The maximum Gasteiger partial charge on any atom is 0.126 e. The summed E-state index contributed by atoms with van der Waals surface area (Å²) < 4.78 is 31.9. The van der Waals surface area contributed by atoms with Gasteiger partial charge in [0, 0.05) is 17.7 Å². The van der Waals surface area contributed by atoms with Gasteiger partial charge in [-0.15, -0.1) is 0 Å². The number of para-hydroxylation sites is 1. The molecule has 0 aliphatic carbocycles. The lowest BCUT2D eigenvalue weighted by atomic mass is 10.1. The molecule has 2 aromatic rings. The molecule has 1 N–H and O–H groups in total. The zero-order valence-electron chi connectivity index (χ0n) is 11.5. The molecular weight excluding hydrogens is 260 g/mol. The van der Waals surface area contributed by atoms with E-state index in [4.69, 9.17) is 4.74 Å². The van der Waals surface area contributed by atoms with Gasteiger partial charge in [-0.05, 0) is 37.7 Å². The lowest BCUT2D eigenvalue weighted by Crippen LogP contribution is -2.13. The molecule has 0 saturated carbocycles. The van der Waals surface area contributed by atoms with Crippen LogP contribution in [0.2, 0.25) is 0 Å². The van der Waals surface area contributed by atoms with Gasteiger partial charge in [0.1, 0.15) is 24.0 Å². The SMILES string of the molecule is CNC(C)c1ccccc1OCc1cc(F)cc(F)c1. The summed E-state index contributed by atoms with van der Waals surface area (Å²) >= 11 is 0. The summed E-state index contributed by atoms with van der Waals surface area (Å²) in [4.78, 5) is 0. The quantitative estimate of drug-likeness (QED) is 0.897.